The molecule has 0 spiro atoms. The summed E-state index contributed by atoms with van der Waals surface area (Å²) in [7, 11) is 0. The molecule has 0 bridgehead atoms. The number of allylic oxidation sites excluding steroid dienone is 2. The summed E-state index contributed by atoms with van der Waals surface area (Å²) in [4.78, 5) is 23.6. The van der Waals surface area contributed by atoms with Crippen molar-refractivity contribution >= 4 is 11.8 Å². The Hall–Kier alpha value is -1.34. The summed E-state index contributed by atoms with van der Waals surface area (Å²) in [5, 5.41) is 20.7. The number of aliphatic hydroxyl groups is 2. The van der Waals surface area contributed by atoms with Crippen LogP contribution in [0.2, 0.25) is 0 Å². The van der Waals surface area contributed by atoms with Crippen molar-refractivity contribution < 1.29 is 33.3 Å². The van der Waals surface area contributed by atoms with Gasteiger partial charge < -0.3 is 14.9 Å². The molecule has 0 saturated heterocycles. The number of carbonyl (C=O) groups is 2. The molecule has 7 heteroatoms. The molecule has 0 aromatic rings. The van der Waals surface area contributed by atoms with Crippen LogP contribution in [0, 0.1) is 11.8 Å². The van der Waals surface area contributed by atoms with Gasteiger partial charge in [-0.15, -0.1) is 0 Å². The van der Waals surface area contributed by atoms with E-state index in [1.807, 2.05) is 32.9 Å². The van der Waals surface area contributed by atoms with Gasteiger partial charge in [-0.3, -0.25) is 9.59 Å². The van der Waals surface area contributed by atoms with Crippen molar-refractivity contribution in [3.05, 3.63) is 12.2 Å². The number of alkyl halides is 2. The van der Waals surface area contributed by atoms with Crippen molar-refractivity contribution in [2.45, 2.75) is 135 Å². The monoisotopic (exact) mass is 488 g/mol. The summed E-state index contributed by atoms with van der Waals surface area (Å²) >= 11 is 0. The number of esters is 1. The third-order valence-electron chi connectivity index (χ3n) is 6.67. The van der Waals surface area contributed by atoms with Gasteiger partial charge in [0.1, 0.15) is 0 Å². The molecule has 34 heavy (non-hydrogen) atoms. The van der Waals surface area contributed by atoms with Crippen molar-refractivity contribution in [2.24, 2.45) is 11.8 Å². The average Bonchev–Trinajstić information content (AvgIpc) is 3.02. The quantitative estimate of drug-likeness (QED) is 0.137. The lowest BCUT2D eigenvalue weighted by Crippen LogP contribution is -2.30. The molecule has 1 saturated carbocycles. The van der Waals surface area contributed by atoms with Crippen LogP contribution in [-0.2, 0) is 14.3 Å². The van der Waals surface area contributed by atoms with Crippen molar-refractivity contribution in [1.82, 2.24) is 0 Å². The zero-order valence-electron chi connectivity index (χ0n) is 21.3. The summed E-state index contributed by atoms with van der Waals surface area (Å²) in [6.45, 7) is 5.66. The molecule has 0 unspecified atom stereocenters. The molecule has 0 heterocycles. The van der Waals surface area contributed by atoms with Gasteiger partial charge in [0.05, 0.1) is 18.3 Å². The number of ether oxygens (including phenoxy) is 1. The van der Waals surface area contributed by atoms with Crippen LogP contribution in [0.25, 0.3) is 0 Å². The van der Waals surface area contributed by atoms with Crippen molar-refractivity contribution in [3.8, 4) is 0 Å². The zero-order chi connectivity index (χ0) is 25.6. The molecule has 0 aromatic carbocycles. The summed E-state index contributed by atoms with van der Waals surface area (Å²) in [5.41, 5.74) is 0. The van der Waals surface area contributed by atoms with E-state index in [1.165, 1.54) is 0 Å². The predicted octanol–water partition coefficient (Wildman–Crippen LogP) is 6.15. The lowest BCUT2D eigenvalue weighted by Gasteiger charge is -2.23. The number of ketones is 1. The highest BCUT2D eigenvalue weighted by molar-refractivity contribution is 5.85. The molecule has 2 N–H and O–H groups in total. The molecule has 1 fully saturated rings. The van der Waals surface area contributed by atoms with E-state index < -0.39 is 30.3 Å². The van der Waals surface area contributed by atoms with Crippen LogP contribution in [0.1, 0.15) is 111 Å². The molecular formula is C27H46F2O5. The fourth-order valence-electron chi connectivity index (χ4n) is 4.70. The number of Topliss-reactive ketones (excluding diaryl/α,β-unsaturated/α-hetero) is 1. The second-order valence-corrected chi connectivity index (χ2v) is 10.0. The molecule has 1 aliphatic carbocycles. The van der Waals surface area contributed by atoms with Gasteiger partial charge in [0.2, 0.25) is 5.78 Å². The van der Waals surface area contributed by atoms with Crippen molar-refractivity contribution in [3.63, 3.8) is 0 Å². The van der Waals surface area contributed by atoms with Gasteiger partial charge >= 0.3 is 11.9 Å². The van der Waals surface area contributed by atoms with Crippen LogP contribution in [0.5, 0.6) is 0 Å². The highest BCUT2D eigenvalue weighted by atomic mass is 19.3. The SMILES string of the molecule is CCCCCCC(F)(F)C(=O)CC[C@@H]1[C@@H](CC=CCCCCCC(=O)OC(C)C)[C@@H](O)C[C@H]1O. The van der Waals surface area contributed by atoms with Crippen LogP contribution in [0.3, 0.4) is 0 Å². The Bertz CT molecular complexity index is 620. The standard InChI is InChI=1S/C27H46F2O5/c1-4-5-6-13-18-27(28,29)25(32)17-16-22-21(23(30)19-24(22)31)14-11-9-7-8-10-12-15-26(33)34-20(2)3/h9,11,20-24,30-31H,4-8,10,12-19H2,1-3H3/t21-,22-,23+,24-/m1/s1. The molecule has 4 atom stereocenters. The van der Waals surface area contributed by atoms with Gasteiger partial charge in [-0.2, -0.15) is 8.78 Å². The van der Waals surface area contributed by atoms with E-state index in [9.17, 15) is 28.6 Å². The van der Waals surface area contributed by atoms with Gasteiger partial charge in [0, 0.05) is 19.3 Å². The average molecular weight is 489 g/mol. The summed E-state index contributed by atoms with van der Waals surface area (Å²) in [5.74, 6) is -5.12. The fraction of sp³-hybridized carbons (Fsp3) is 0.852. The number of aliphatic hydroxyl groups excluding tert-OH is 2. The Labute approximate surface area is 204 Å². The number of hydrogen-bond acceptors (Lipinski definition) is 5. The lowest BCUT2D eigenvalue weighted by molar-refractivity contribution is -0.147. The molecule has 1 aliphatic rings. The third-order valence-corrected chi connectivity index (χ3v) is 6.67. The topological polar surface area (TPSA) is 83.8 Å². The van der Waals surface area contributed by atoms with Gasteiger partial charge in [-0.05, 0) is 70.6 Å². The normalized spacial score (nSPS) is 23.2. The number of halogens is 2. The minimum atomic E-state index is -3.31. The van der Waals surface area contributed by atoms with Gasteiger partial charge in [0.15, 0.2) is 0 Å². The number of unbranched alkanes of at least 4 members (excludes halogenated alkanes) is 6. The Morgan fingerprint density at radius 1 is 0.971 bits per heavy atom. The largest absolute Gasteiger partial charge is 0.463 e. The van der Waals surface area contributed by atoms with E-state index in [0.717, 1.165) is 38.5 Å². The highest BCUT2D eigenvalue weighted by Crippen LogP contribution is 2.39. The molecule has 198 valence electrons. The molecule has 0 radical (unpaired) electrons. The first-order valence-electron chi connectivity index (χ1n) is 13.2. The van der Waals surface area contributed by atoms with E-state index in [0.29, 0.717) is 25.7 Å². The van der Waals surface area contributed by atoms with Gasteiger partial charge in [-0.1, -0.05) is 44.8 Å². The number of hydrogen-bond donors (Lipinski definition) is 2. The summed E-state index contributed by atoms with van der Waals surface area (Å²) in [6.07, 6.45) is 9.48. The third kappa shape index (κ3) is 11.9. The Kier molecular flexibility index (Phi) is 14.8. The summed E-state index contributed by atoms with van der Waals surface area (Å²) < 4.78 is 33.4. The molecule has 0 aromatic heterocycles. The first-order chi connectivity index (χ1) is 16.1. The Morgan fingerprint density at radius 2 is 1.65 bits per heavy atom. The minimum absolute atomic E-state index is 0.0890. The van der Waals surface area contributed by atoms with Crippen LogP contribution in [-0.4, -0.2) is 46.2 Å². The van der Waals surface area contributed by atoms with Crippen molar-refractivity contribution in [1.29, 1.82) is 0 Å². The zero-order valence-corrected chi connectivity index (χ0v) is 21.3. The molecule has 5 nitrogen and oxygen atoms in total. The molecular weight excluding hydrogens is 442 g/mol. The maximum atomic E-state index is 14.2. The van der Waals surface area contributed by atoms with E-state index in [-0.39, 0.29) is 43.2 Å². The smallest absolute Gasteiger partial charge is 0.306 e. The van der Waals surface area contributed by atoms with Crippen LogP contribution in [0.4, 0.5) is 8.78 Å². The maximum absolute atomic E-state index is 14.2. The van der Waals surface area contributed by atoms with E-state index in [4.69, 9.17) is 4.74 Å². The van der Waals surface area contributed by atoms with Crippen LogP contribution >= 0.6 is 0 Å². The minimum Gasteiger partial charge on any atom is -0.463 e. The fourth-order valence-corrected chi connectivity index (χ4v) is 4.70. The van der Waals surface area contributed by atoms with E-state index in [1.54, 1.807) is 0 Å². The highest BCUT2D eigenvalue weighted by Gasteiger charge is 2.43. The van der Waals surface area contributed by atoms with E-state index >= 15 is 0 Å². The second kappa shape index (κ2) is 16.4. The molecule has 0 amide bonds. The summed E-state index contributed by atoms with van der Waals surface area (Å²) in [6, 6.07) is 0. The number of rotatable bonds is 18. The number of carbonyl (C=O) groups excluding carboxylic acids is 2. The first kappa shape index (κ1) is 30.7. The Balaban J connectivity index is 2.37. The van der Waals surface area contributed by atoms with Crippen LogP contribution < -0.4 is 0 Å². The molecule has 0 aliphatic heterocycles. The predicted molar refractivity (Wildman–Crippen MR) is 130 cm³/mol. The van der Waals surface area contributed by atoms with Crippen LogP contribution in [0.15, 0.2) is 12.2 Å². The lowest BCUT2D eigenvalue weighted by atomic mass is 9.85. The maximum Gasteiger partial charge on any atom is 0.306 e. The van der Waals surface area contributed by atoms with Crippen molar-refractivity contribution in [2.75, 3.05) is 0 Å². The van der Waals surface area contributed by atoms with Gasteiger partial charge in [0.25, 0.3) is 0 Å². The van der Waals surface area contributed by atoms with E-state index in [2.05, 4.69) is 0 Å². The molecule has 1 rings (SSSR count). The Morgan fingerprint density at radius 3 is 2.32 bits per heavy atom. The van der Waals surface area contributed by atoms with Gasteiger partial charge in [-0.25, -0.2) is 0 Å². The second-order valence-electron chi connectivity index (χ2n) is 10.0. The first-order valence-corrected chi connectivity index (χ1v) is 13.2.